The Kier molecular flexibility index (Phi) is 6.16. The van der Waals surface area contributed by atoms with Crippen LogP contribution in [0.4, 0.5) is 4.79 Å². The molecule has 0 aromatic carbocycles. The molecule has 1 aliphatic rings. The molecule has 0 radical (unpaired) electrons. The Hall–Kier alpha value is -0.770. The summed E-state index contributed by atoms with van der Waals surface area (Å²) in [5.41, 5.74) is 0. The Morgan fingerprint density at radius 3 is 2.93 bits per heavy atom. The Morgan fingerprint density at radius 2 is 2.27 bits per heavy atom. The largest absolute Gasteiger partial charge is 0.508 e. The van der Waals surface area contributed by atoms with Crippen LogP contribution in [0, 0.1) is 0 Å². The topological polar surface area (TPSA) is 44.8 Å². The molecule has 1 rings (SSSR count). The second kappa shape index (κ2) is 7.51. The first-order valence-electron chi connectivity index (χ1n) is 5.74. The van der Waals surface area contributed by atoms with Crippen LogP contribution in [0.3, 0.4) is 0 Å². The SMILES string of the molecule is CCCCCOC(=O)OCC1CCCO1. The Labute approximate surface area is 90.9 Å². The maximum atomic E-state index is 11.1. The first kappa shape index (κ1) is 12.3. The van der Waals surface area contributed by atoms with Gasteiger partial charge in [-0.2, -0.15) is 0 Å². The number of unbranched alkanes of at least 4 members (excludes halogenated alkanes) is 2. The second-order valence-electron chi connectivity index (χ2n) is 3.75. The van der Waals surface area contributed by atoms with E-state index in [0.29, 0.717) is 13.2 Å². The highest BCUT2D eigenvalue weighted by Gasteiger charge is 2.17. The lowest BCUT2D eigenvalue weighted by atomic mass is 10.2. The summed E-state index contributed by atoms with van der Waals surface area (Å²) in [5.74, 6) is 0. The van der Waals surface area contributed by atoms with Gasteiger partial charge in [0.2, 0.25) is 0 Å². The summed E-state index contributed by atoms with van der Waals surface area (Å²) in [4.78, 5) is 11.1. The molecule has 1 fully saturated rings. The lowest BCUT2D eigenvalue weighted by Gasteiger charge is -2.10. The fourth-order valence-corrected chi connectivity index (χ4v) is 1.49. The number of hydrogen-bond donors (Lipinski definition) is 0. The standard InChI is InChI=1S/C11H20O4/c1-2-3-4-7-14-11(12)15-9-10-6-5-8-13-10/h10H,2-9H2,1H3. The van der Waals surface area contributed by atoms with Crippen molar-refractivity contribution in [1.29, 1.82) is 0 Å². The van der Waals surface area contributed by atoms with E-state index in [1.807, 2.05) is 0 Å². The number of carbonyl (C=O) groups is 1. The zero-order chi connectivity index (χ0) is 10.9. The summed E-state index contributed by atoms with van der Waals surface area (Å²) in [6.07, 6.45) is 4.65. The molecule has 0 aliphatic carbocycles. The number of carbonyl (C=O) groups excluding carboxylic acids is 1. The number of hydrogen-bond acceptors (Lipinski definition) is 4. The summed E-state index contributed by atoms with van der Waals surface area (Å²) in [6.45, 7) is 3.67. The van der Waals surface area contributed by atoms with Gasteiger partial charge in [-0.05, 0) is 19.3 Å². The van der Waals surface area contributed by atoms with E-state index in [-0.39, 0.29) is 6.10 Å². The van der Waals surface area contributed by atoms with Crippen LogP contribution >= 0.6 is 0 Å². The van der Waals surface area contributed by atoms with Gasteiger partial charge in [0.05, 0.1) is 12.7 Å². The van der Waals surface area contributed by atoms with Gasteiger partial charge in [0, 0.05) is 6.61 Å². The Balaban J connectivity index is 1.93. The van der Waals surface area contributed by atoms with Crippen molar-refractivity contribution in [3.05, 3.63) is 0 Å². The van der Waals surface area contributed by atoms with Crippen molar-refractivity contribution in [3.63, 3.8) is 0 Å². The van der Waals surface area contributed by atoms with Gasteiger partial charge < -0.3 is 14.2 Å². The molecule has 0 aromatic rings. The Bertz CT molecular complexity index is 175. The van der Waals surface area contributed by atoms with E-state index < -0.39 is 6.16 Å². The van der Waals surface area contributed by atoms with Crippen LogP contribution in [0.25, 0.3) is 0 Å². The van der Waals surface area contributed by atoms with Gasteiger partial charge in [-0.1, -0.05) is 19.8 Å². The van der Waals surface area contributed by atoms with Crippen LogP contribution < -0.4 is 0 Å². The lowest BCUT2D eigenvalue weighted by molar-refractivity contribution is 0.00770. The van der Waals surface area contributed by atoms with E-state index in [1.54, 1.807) is 0 Å². The molecule has 0 aromatic heterocycles. The van der Waals surface area contributed by atoms with Crippen LogP contribution in [-0.4, -0.2) is 32.1 Å². The van der Waals surface area contributed by atoms with Gasteiger partial charge in [0.15, 0.2) is 0 Å². The highest BCUT2D eigenvalue weighted by atomic mass is 16.7. The molecule has 1 aliphatic heterocycles. The van der Waals surface area contributed by atoms with Gasteiger partial charge in [-0.15, -0.1) is 0 Å². The summed E-state index contributed by atoms with van der Waals surface area (Å²) in [7, 11) is 0. The van der Waals surface area contributed by atoms with Crippen LogP contribution in [0.15, 0.2) is 0 Å². The van der Waals surface area contributed by atoms with Crippen molar-refractivity contribution in [2.75, 3.05) is 19.8 Å². The zero-order valence-electron chi connectivity index (χ0n) is 9.37. The number of rotatable bonds is 6. The summed E-state index contributed by atoms with van der Waals surface area (Å²) in [5, 5.41) is 0. The lowest BCUT2D eigenvalue weighted by Crippen LogP contribution is -2.18. The molecule has 1 unspecified atom stereocenters. The maximum absolute atomic E-state index is 11.1. The van der Waals surface area contributed by atoms with Gasteiger partial charge in [-0.25, -0.2) is 4.79 Å². The summed E-state index contributed by atoms with van der Waals surface area (Å²) >= 11 is 0. The van der Waals surface area contributed by atoms with Crippen molar-refractivity contribution < 1.29 is 19.0 Å². The van der Waals surface area contributed by atoms with Gasteiger partial charge in [-0.3, -0.25) is 0 Å². The van der Waals surface area contributed by atoms with E-state index in [2.05, 4.69) is 6.92 Å². The van der Waals surface area contributed by atoms with Crippen molar-refractivity contribution in [3.8, 4) is 0 Å². The summed E-state index contributed by atoms with van der Waals surface area (Å²) in [6, 6.07) is 0. The van der Waals surface area contributed by atoms with Crippen molar-refractivity contribution in [2.45, 2.75) is 45.1 Å². The van der Waals surface area contributed by atoms with E-state index in [1.165, 1.54) is 0 Å². The van der Waals surface area contributed by atoms with Crippen molar-refractivity contribution in [2.24, 2.45) is 0 Å². The molecular weight excluding hydrogens is 196 g/mol. The molecule has 0 saturated carbocycles. The van der Waals surface area contributed by atoms with Crippen LogP contribution in [0.1, 0.15) is 39.0 Å². The quantitative estimate of drug-likeness (QED) is 0.505. The average Bonchev–Trinajstić information content (AvgIpc) is 2.74. The average molecular weight is 216 g/mol. The fourth-order valence-electron chi connectivity index (χ4n) is 1.49. The molecule has 88 valence electrons. The summed E-state index contributed by atoms with van der Waals surface area (Å²) < 4.78 is 15.1. The third-order valence-corrected chi connectivity index (χ3v) is 2.38. The Morgan fingerprint density at radius 1 is 1.40 bits per heavy atom. The molecule has 0 spiro atoms. The molecule has 1 atom stereocenters. The molecule has 4 heteroatoms. The first-order valence-corrected chi connectivity index (χ1v) is 5.74. The highest BCUT2D eigenvalue weighted by molar-refractivity contribution is 5.59. The molecule has 0 amide bonds. The third kappa shape index (κ3) is 5.62. The van der Waals surface area contributed by atoms with Crippen LogP contribution in [0.2, 0.25) is 0 Å². The van der Waals surface area contributed by atoms with Crippen LogP contribution in [0.5, 0.6) is 0 Å². The zero-order valence-corrected chi connectivity index (χ0v) is 9.37. The van der Waals surface area contributed by atoms with Crippen LogP contribution in [-0.2, 0) is 14.2 Å². The van der Waals surface area contributed by atoms with Crippen molar-refractivity contribution in [1.82, 2.24) is 0 Å². The smallest absolute Gasteiger partial charge is 0.434 e. The second-order valence-corrected chi connectivity index (χ2v) is 3.75. The fraction of sp³-hybridized carbons (Fsp3) is 0.909. The van der Waals surface area contributed by atoms with Gasteiger partial charge in [0.25, 0.3) is 0 Å². The molecule has 0 N–H and O–H groups in total. The molecule has 15 heavy (non-hydrogen) atoms. The molecule has 1 saturated heterocycles. The predicted molar refractivity (Wildman–Crippen MR) is 55.8 cm³/mol. The molecule has 0 bridgehead atoms. The van der Waals surface area contributed by atoms with E-state index in [4.69, 9.17) is 14.2 Å². The predicted octanol–water partition coefficient (Wildman–Crippen LogP) is 2.51. The van der Waals surface area contributed by atoms with Gasteiger partial charge >= 0.3 is 6.16 Å². The first-order chi connectivity index (χ1) is 7.33. The minimum atomic E-state index is -0.568. The molecule has 4 nitrogen and oxygen atoms in total. The minimum Gasteiger partial charge on any atom is -0.434 e. The number of ether oxygens (including phenoxy) is 3. The minimum absolute atomic E-state index is 0.0770. The molecule has 1 heterocycles. The third-order valence-electron chi connectivity index (χ3n) is 2.38. The van der Waals surface area contributed by atoms with E-state index in [9.17, 15) is 4.79 Å². The van der Waals surface area contributed by atoms with Gasteiger partial charge in [0.1, 0.15) is 6.61 Å². The van der Waals surface area contributed by atoms with E-state index >= 15 is 0 Å². The monoisotopic (exact) mass is 216 g/mol. The highest BCUT2D eigenvalue weighted by Crippen LogP contribution is 2.12. The van der Waals surface area contributed by atoms with Crippen molar-refractivity contribution >= 4 is 6.16 Å². The molecular formula is C11H20O4. The van der Waals surface area contributed by atoms with E-state index in [0.717, 1.165) is 38.7 Å². The normalized spacial score (nSPS) is 20.2. The maximum Gasteiger partial charge on any atom is 0.508 e.